The average Bonchev–Trinajstić information content (AvgIpc) is 1.96. The van der Waals surface area contributed by atoms with Gasteiger partial charge in [-0.2, -0.15) is 9.97 Å². The van der Waals surface area contributed by atoms with Crippen LogP contribution in [0.4, 0.5) is 5.69 Å². The molecule has 6 nitrogen and oxygen atoms in total. The fraction of sp³-hybridized carbons (Fsp3) is 0.167. The van der Waals surface area contributed by atoms with E-state index in [0.29, 0.717) is 0 Å². The van der Waals surface area contributed by atoms with Crippen LogP contribution in [-0.2, 0) is 0 Å². The second-order valence-corrected chi connectivity index (χ2v) is 2.08. The van der Waals surface area contributed by atoms with E-state index >= 15 is 0 Å². The summed E-state index contributed by atoms with van der Waals surface area (Å²) < 4.78 is 0. The lowest BCUT2D eigenvalue weighted by atomic mass is 10.4. The number of rotatable bonds is 2. The van der Waals surface area contributed by atoms with E-state index in [9.17, 15) is 0 Å². The minimum atomic E-state index is -0.372. The average molecular weight is 168 g/mol. The first-order valence-electron chi connectivity index (χ1n) is 3.17. The molecule has 1 aromatic rings. The lowest BCUT2D eigenvalue weighted by molar-refractivity contribution is 0.423. The van der Waals surface area contributed by atoms with E-state index in [2.05, 4.69) is 15.3 Å². The third-order valence-electron chi connectivity index (χ3n) is 1.20. The number of nitrogens with one attached hydrogen (secondary N) is 2. The molecule has 0 unspecified atom stereocenters. The molecule has 12 heavy (non-hydrogen) atoms. The summed E-state index contributed by atoms with van der Waals surface area (Å²) in [5, 5.41) is 27.2. The van der Waals surface area contributed by atoms with Gasteiger partial charge in [0.2, 0.25) is 11.8 Å². The van der Waals surface area contributed by atoms with Crippen LogP contribution in [0.2, 0.25) is 0 Å². The van der Waals surface area contributed by atoms with Crippen molar-refractivity contribution in [2.45, 2.75) is 6.92 Å². The monoisotopic (exact) mass is 168 g/mol. The Labute approximate surface area is 68.4 Å². The third kappa shape index (κ3) is 1.42. The molecule has 0 spiro atoms. The zero-order valence-corrected chi connectivity index (χ0v) is 6.37. The molecule has 0 aliphatic carbocycles. The van der Waals surface area contributed by atoms with E-state index in [1.165, 1.54) is 6.92 Å². The van der Waals surface area contributed by atoms with Crippen LogP contribution in [0.15, 0.2) is 0 Å². The molecule has 0 saturated heterocycles. The van der Waals surface area contributed by atoms with Gasteiger partial charge in [-0.15, -0.1) is 0 Å². The molecule has 1 rings (SSSR count). The molecule has 0 atom stereocenters. The highest BCUT2D eigenvalue weighted by molar-refractivity contribution is 5.78. The molecule has 64 valence electrons. The molecule has 1 heterocycles. The number of aryl methyl sites for hydroxylation is 1. The third-order valence-corrected chi connectivity index (χ3v) is 1.20. The first-order valence-corrected chi connectivity index (χ1v) is 3.17. The van der Waals surface area contributed by atoms with Gasteiger partial charge in [0.1, 0.15) is 5.82 Å². The van der Waals surface area contributed by atoms with Gasteiger partial charge in [0.05, 0.1) is 6.34 Å². The lowest BCUT2D eigenvalue weighted by Gasteiger charge is -2.04. The van der Waals surface area contributed by atoms with E-state index in [1.807, 2.05) is 0 Å². The number of hydrogen-bond donors (Lipinski definition) is 4. The Bertz CT molecular complexity index is 289. The highest BCUT2D eigenvalue weighted by Crippen LogP contribution is 2.27. The van der Waals surface area contributed by atoms with E-state index < -0.39 is 0 Å². The quantitative estimate of drug-likeness (QED) is 0.373. The number of aromatic hydroxyl groups is 2. The fourth-order valence-electron chi connectivity index (χ4n) is 0.745. The maximum Gasteiger partial charge on any atom is 0.242 e. The Kier molecular flexibility index (Phi) is 2.09. The summed E-state index contributed by atoms with van der Waals surface area (Å²) in [6, 6.07) is 0. The van der Waals surface area contributed by atoms with Crippen LogP contribution in [0.1, 0.15) is 5.82 Å². The normalized spacial score (nSPS) is 9.42. The molecule has 0 fully saturated rings. The maximum absolute atomic E-state index is 9.13. The second-order valence-electron chi connectivity index (χ2n) is 2.08. The Hall–Kier alpha value is -1.85. The largest absolute Gasteiger partial charge is 0.492 e. The smallest absolute Gasteiger partial charge is 0.242 e. The molecular formula is C6H8N4O2. The van der Waals surface area contributed by atoms with Gasteiger partial charge in [0, 0.05) is 0 Å². The minimum absolute atomic E-state index is 0.0596. The summed E-state index contributed by atoms with van der Waals surface area (Å²) >= 11 is 0. The molecule has 1 aromatic heterocycles. The van der Waals surface area contributed by atoms with Gasteiger partial charge in [-0.05, 0) is 6.92 Å². The van der Waals surface area contributed by atoms with Crippen LogP contribution in [0.3, 0.4) is 0 Å². The van der Waals surface area contributed by atoms with Crippen molar-refractivity contribution in [3.63, 3.8) is 0 Å². The predicted octanol–water partition coefficient (Wildman–Crippen LogP) is 0.215. The SMILES string of the molecule is Cc1nc(O)c(NC=N)c(O)n1. The zero-order chi connectivity index (χ0) is 9.14. The molecule has 0 bridgehead atoms. The Morgan fingerprint density at radius 2 is 1.83 bits per heavy atom. The van der Waals surface area contributed by atoms with Crippen LogP contribution in [0, 0.1) is 12.3 Å². The summed E-state index contributed by atoms with van der Waals surface area (Å²) in [6.07, 6.45) is 0.813. The maximum atomic E-state index is 9.13. The number of nitrogens with zero attached hydrogens (tertiary/aromatic N) is 2. The fourth-order valence-corrected chi connectivity index (χ4v) is 0.745. The van der Waals surface area contributed by atoms with Crippen molar-refractivity contribution in [3.05, 3.63) is 5.82 Å². The first kappa shape index (κ1) is 8.25. The number of hydrogen-bond acceptors (Lipinski definition) is 5. The Morgan fingerprint density at radius 3 is 2.25 bits per heavy atom. The molecule has 0 aliphatic heterocycles. The van der Waals surface area contributed by atoms with Gasteiger partial charge in [0.15, 0.2) is 5.69 Å². The Balaban J connectivity index is 3.18. The summed E-state index contributed by atoms with van der Waals surface area (Å²) in [5.41, 5.74) is -0.0596. The van der Waals surface area contributed by atoms with Gasteiger partial charge in [-0.3, -0.25) is 5.41 Å². The van der Waals surface area contributed by atoms with Crippen LogP contribution in [0.25, 0.3) is 0 Å². The van der Waals surface area contributed by atoms with E-state index in [0.717, 1.165) is 6.34 Å². The number of anilines is 1. The molecule has 4 N–H and O–H groups in total. The zero-order valence-electron chi connectivity index (χ0n) is 6.37. The van der Waals surface area contributed by atoms with Crippen LogP contribution < -0.4 is 5.32 Å². The summed E-state index contributed by atoms with van der Waals surface area (Å²) in [4.78, 5) is 7.14. The molecule has 0 aliphatic rings. The van der Waals surface area contributed by atoms with Crippen molar-refractivity contribution >= 4 is 12.0 Å². The first-order chi connectivity index (χ1) is 5.65. The standard InChI is InChI=1S/C6H8N4O2/c1-3-9-5(11)4(8-2-7)6(12)10-3/h2H,1H3,(H2,7,8)(H2,9,10,11,12). The molecule has 0 saturated carbocycles. The van der Waals surface area contributed by atoms with Crippen LogP contribution >= 0.6 is 0 Å². The highest BCUT2D eigenvalue weighted by atomic mass is 16.3. The molecule has 0 radical (unpaired) electrons. The van der Waals surface area contributed by atoms with Crippen LogP contribution in [-0.4, -0.2) is 26.5 Å². The van der Waals surface area contributed by atoms with Crippen molar-refractivity contribution in [1.29, 1.82) is 5.41 Å². The van der Waals surface area contributed by atoms with Gasteiger partial charge in [0.25, 0.3) is 0 Å². The Morgan fingerprint density at radius 1 is 1.33 bits per heavy atom. The molecule has 6 heteroatoms. The summed E-state index contributed by atoms with van der Waals surface area (Å²) in [6.45, 7) is 1.54. The van der Waals surface area contributed by atoms with Crippen molar-refractivity contribution in [3.8, 4) is 11.8 Å². The lowest BCUT2D eigenvalue weighted by Crippen LogP contribution is -1.98. The topological polar surface area (TPSA) is 102 Å². The van der Waals surface area contributed by atoms with Gasteiger partial charge in [-0.25, -0.2) is 0 Å². The van der Waals surface area contributed by atoms with Crippen molar-refractivity contribution < 1.29 is 10.2 Å². The second kappa shape index (κ2) is 3.04. The van der Waals surface area contributed by atoms with Crippen molar-refractivity contribution in [1.82, 2.24) is 9.97 Å². The highest BCUT2D eigenvalue weighted by Gasteiger charge is 2.09. The van der Waals surface area contributed by atoms with Crippen LogP contribution in [0.5, 0.6) is 11.8 Å². The van der Waals surface area contributed by atoms with Crippen molar-refractivity contribution in [2.75, 3.05) is 5.32 Å². The van der Waals surface area contributed by atoms with E-state index in [1.54, 1.807) is 0 Å². The van der Waals surface area contributed by atoms with E-state index in [-0.39, 0.29) is 23.3 Å². The van der Waals surface area contributed by atoms with E-state index in [4.69, 9.17) is 15.6 Å². The number of aromatic nitrogens is 2. The molecule has 0 amide bonds. The minimum Gasteiger partial charge on any atom is -0.492 e. The molecule has 0 aromatic carbocycles. The predicted molar refractivity (Wildman–Crippen MR) is 42.5 cm³/mol. The summed E-state index contributed by atoms with van der Waals surface area (Å²) in [7, 11) is 0. The van der Waals surface area contributed by atoms with Crippen molar-refractivity contribution in [2.24, 2.45) is 0 Å². The van der Waals surface area contributed by atoms with Gasteiger partial charge < -0.3 is 15.5 Å². The molecular weight excluding hydrogens is 160 g/mol. The van der Waals surface area contributed by atoms with Gasteiger partial charge in [-0.1, -0.05) is 0 Å². The summed E-state index contributed by atoms with van der Waals surface area (Å²) in [5.74, 6) is -0.479. The van der Waals surface area contributed by atoms with Gasteiger partial charge >= 0.3 is 0 Å².